The van der Waals surface area contributed by atoms with Crippen LogP contribution < -0.4 is 25.8 Å². The lowest BCUT2D eigenvalue weighted by atomic mass is 10.0. The Morgan fingerprint density at radius 1 is 0.577 bits per heavy atom. The SMILES string of the molecule is Cn1cc(-c2ccc3c(c2)-c2c(ncnc2Nc2ccc(N4CCN(C(=O)OC(C)(C)C)CC4)cc2)C3)cn1.Cn1cc(-c2ccc3c(c2)-c2c(ncnc2Nc2ccc(N4CCNCC4)cc2)C3)cn1. The third-order valence-electron chi connectivity index (χ3n) is 13.4. The van der Waals surface area contributed by atoms with Gasteiger partial charge in [-0.05, 0) is 115 Å². The van der Waals surface area contributed by atoms with Crippen LogP contribution in [-0.2, 0) is 31.7 Å². The molecule has 0 bridgehead atoms. The molecule has 71 heavy (non-hydrogen) atoms. The highest BCUT2D eigenvalue weighted by atomic mass is 16.6. The van der Waals surface area contributed by atoms with E-state index in [2.05, 4.69) is 141 Å². The smallest absolute Gasteiger partial charge is 0.410 e. The summed E-state index contributed by atoms with van der Waals surface area (Å²) in [6, 6.07) is 30.2. The molecular weight excluding hydrogens is 889 g/mol. The number of hydrogen-bond donors (Lipinski definition) is 3. The number of carbonyl (C=O) groups is 1. The average molecular weight is 947 g/mol. The molecule has 4 aliphatic rings. The van der Waals surface area contributed by atoms with Crippen LogP contribution in [0.3, 0.4) is 0 Å². The van der Waals surface area contributed by atoms with E-state index in [9.17, 15) is 4.79 Å². The first-order valence-electron chi connectivity index (χ1n) is 24.3. The highest BCUT2D eigenvalue weighted by molar-refractivity contribution is 5.89. The van der Waals surface area contributed by atoms with E-state index in [1.54, 1.807) is 17.6 Å². The van der Waals surface area contributed by atoms with Crippen molar-refractivity contribution in [3.8, 4) is 44.5 Å². The van der Waals surface area contributed by atoms with Crippen molar-refractivity contribution in [1.82, 2.24) is 49.7 Å². The molecule has 360 valence electrons. The van der Waals surface area contributed by atoms with Gasteiger partial charge in [-0.3, -0.25) is 9.36 Å². The van der Waals surface area contributed by atoms with E-state index in [-0.39, 0.29) is 6.09 Å². The Kier molecular flexibility index (Phi) is 12.1. The van der Waals surface area contributed by atoms with Crippen LogP contribution in [0.1, 0.15) is 43.3 Å². The Bertz CT molecular complexity index is 3220. The third-order valence-corrected chi connectivity index (χ3v) is 13.4. The van der Waals surface area contributed by atoms with Gasteiger partial charge in [-0.1, -0.05) is 24.3 Å². The predicted octanol–water partition coefficient (Wildman–Crippen LogP) is 8.85. The number of carbonyl (C=O) groups excluding carboxylic acids is 1. The Morgan fingerprint density at radius 2 is 1.04 bits per heavy atom. The lowest BCUT2D eigenvalue weighted by molar-refractivity contribution is 0.0240. The number of benzene rings is 4. The summed E-state index contributed by atoms with van der Waals surface area (Å²) in [5.74, 6) is 1.66. The molecule has 4 aromatic carbocycles. The van der Waals surface area contributed by atoms with Crippen LogP contribution in [0, 0.1) is 0 Å². The minimum atomic E-state index is -0.482. The summed E-state index contributed by atoms with van der Waals surface area (Å²) in [4.78, 5) is 37.3. The van der Waals surface area contributed by atoms with Gasteiger partial charge in [0.1, 0.15) is 29.9 Å². The molecule has 12 rings (SSSR count). The van der Waals surface area contributed by atoms with Gasteiger partial charge in [-0.25, -0.2) is 24.7 Å². The van der Waals surface area contributed by atoms with Gasteiger partial charge in [0.25, 0.3) is 0 Å². The topological polar surface area (TPSA) is 159 Å². The molecule has 3 N–H and O–H groups in total. The van der Waals surface area contributed by atoms with Gasteiger partial charge < -0.3 is 35.4 Å². The van der Waals surface area contributed by atoms with Crippen molar-refractivity contribution < 1.29 is 9.53 Å². The van der Waals surface area contributed by atoms with Crippen LogP contribution in [-0.4, -0.2) is 108 Å². The zero-order valence-corrected chi connectivity index (χ0v) is 40.9. The van der Waals surface area contributed by atoms with E-state index >= 15 is 0 Å². The number of fused-ring (bicyclic) bond motifs is 6. The monoisotopic (exact) mass is 946 g/mol. The number of nitrogens with zero attached hydrogens (tertiary/aromatic N) is 11. The van der Waals surface area contributed by atoms with Crippen molar-refractivity contribution in [2.24, 2.45) is 14.1 Å². The summed E-state index contributed by atoms with van der Waals surface area (Å²) in [6.07, 6.45) is 12.5. The number of nitrogens with one attached hydrogen (secondary N) is 3. The van der Waals surface area contributed by atoms with Crippen LogP contribution in [0.4, 0.5) is 39.2 Å². The number of anilines is 6. The zero-order chi connectivity index (χ0) is 48.6. The van der Waals surface area contributed by atoms with E-state index in [0.29, 0.717) is 13.1 Å². The number of hydrogen-bond acceptors (Lipinski definition) is 13. The average Bonchev–Trinajstić information content (AvgIpc) is 4.19. The van der Waals surface area contributed by atoms with Crippen LogP contribution in [0.2, 0.25) is 0 Å². The van der Waals surface area contributed by atoms with E-state index in [0.717, 1.165) is 131 Å². The summed E-state index contributed by atoms with van der Waals surface area (Å²) >= 11 is 0. The zero-order valence-electron chi connectivity index (χ0n) is 40.9. The lowest BCUT2D eigenvalue weighted by Gasteiger charge is -2.36. The molecule has 1 amide bonds. The molecule has 8 aromatic rings. The summed E-state index contributed by atoms with van der Waals surface area (Å²) < 4.78 is 9.17. The van der Waals surface area contributed by atoms with Crippen LogP contribution >= 0.6 is 0 Å². The molecule has 2 aliphatic carbocycles. The van der Waals surface area contributed by atoms with Crippen molar-refractivity contribution in [3.63, 3.8) is 0 Å². The molecule has 0 radical (unpaired) electrons. The normalized spacial score (nSPS) is 14.7. The molecule has 0 spiro atoms. The summed E-state index contributed by atoms with van der Waals surface area (Å²) in [5, 5.41) is 19.1. The number of aromatic nitrogens is 8. The second-order valence-corrected chi connectivity index (χ2v) is 19.5. The quantitative estimate of drug-likeness (QED) is 0.133. The van der Waals surface area contributed by atoms with Gasteiger partial charge in [-0.2, -0.15) is 10.2 Å². The van der Waals surface area contributed by atoms with E-state index in [1.807, 2.05) is 69.0 Å². The second-order valence-electron chi connectivity index (χ2n) is 19.5. The first kappa shape index (κ1) is 45.3. The Labute approximate surface area is 413 Å². The first-order valence-corrected chi connectivity index (χ1v) is 24.3. The van der Waals surface area contributed by atoms with Crippen molar-refractivity contribution in [3.05, 3.63) is 145 Å². The van der Waals surface area contributed by atoms with Gasteiger partial charge in [0.05, 0.1) is 23.8 Å². The molecule has 0 saturated carbocycles. The largest absolute Gasteiger partial charge is 0.444 e. The predicted molar refractivity (Wildman–Crippen MR) is 280 cm³/mol. The van der Waals surface area contributed by atoms with Gasteiger partial charge in [0.15, 0.2) is 0 Å². The van der Waals surface area contributed by atoms with Crippen molar-refractivity contribution in [1.29, 1.82) is 0 Å². The van der Waals surface area contributed by atoms with Crippen LogP contribution in [0.15, 0.2) is 122 Å². The van der Waals surface area contributed by atoms with Gasteiger partial charge in [-0.15, -0.1) is 0 Å². The van der Waals surface area contributed by atoms with Crippen LogP contribution in [0.5, 0.6) is 0 Å². The molecular formula is C55H58N14O2. The van der Waals surface area contributed by atoms with Crippen molar-refractivity contribution in [2.75, 3.05) is 72.8 Å². The first-order chi connectivity index (χ1) is 34.5. The molecule has 2 saturated heterocycles. The number of aryl methyl sites for hydroxylation is 2. The summed E-state index contributed by atoms with van der Waals surface area (Å²) in [7, 11) is 3.87. The van der Waals surface area contributed by atoms with E-state index in [1.165, 1.54) is 22.4 Å². The summed E-state index contributed by atoms with van der Waals surface area (Å²) in [6.45, 7) is 12.7. The number of rotatable bonds is 8. The Balaban J connectivity index is 0.000000157. The summed E-state index contributed by atoms with van der Waals surface area (Å²) in [5.41, 5.74) is 17.5. The van der Waals surface area contributed by atoms with Gasteiger partial charge in [0, 0.05) is 137 Å². The fourth-order valence-electron chi connectivity index (χ4n) is 9.84. The lowest BCUT2D eigenvalue weighted by Crippen LogP contribution is -2.50. The van der Waals surface area contributed by atoms with Gasteiger partial charge in [0.2, 0.25) is 0 Å². The van der Waals surface area contributed by atoms with E-state index in [4.69, 9.17) is 4.74 Å². The highest BCUT2D eigenvalue weighted by Crippen LogP contribution is 2.44. The molecule has 2 aliphatic heterocycles. The fraction of sp³-hybridized carbons (Fsp3) is 0.291. The molecule has 6 heterocycles. The van der Waals surface area contributed by atoms with Crippen molar-refractivity contribution >= 4 is 40.5 Å². The molecule has 0 unspecified atom stereocenters. The molecule has 16 nitrogen and oxygen atoms in total. The molecule has 2 fully saturated rings. The maximum atomic E-state index is 12.4. The maximum Gasteiger partial charge on any atom is 0.410 e. The van der Waals surface area contributed by atoms with Crippen molar-refractivity contribution in [2.45, 2.75) is 39.2 Å². The molecule has 4 aromatic heterocycles. The number of piperazine rings is 2. The number of ether oxygens (including phenoxy) is 1. The Hall–Kier alpha value is -8.11. The molecule has 16 heteroatoms. The Morgan fingerprint density at radius 3 is 1.48 bits per heavy atom. The maximum absolute atomic E-state index is 12.4. The highest BCUT2D eigenvalue weighted by Gasteiger charge is 2.28. The minimum absolute atomic E-state index is 0.242. The van der Waals surface area contributed by atoms with E-state index < -0.39 is 5.60 Å². The van der Waals surface area contributed by atoms with Gasteiger partial charge >= 0.3 is 6.09 Å². The second kappa shape index (κ2) is 19.0. The fourth-order valence-corrected chi connectivity index (χ4v) is 9.84. The third kappa shape index (κ3) is 9.75. The van der Waals surface area contributed by atoms with Crippen LogP contribution in [0.25, 0.3) is 44.5 Å². The standard InChI is InChI=1S/C30H33N7O2.C25H25N7/c1-30(2,3)39-29(38)37-13-11-36(12-14-37)24-9-7-23(8-10-24)34-28-27-25-15-20(22-17-33-35(4)18-22)5-6-21(25)16-26(27)31-19-32-28;1-31-15-19(14-29-31)17-2-3-18-13-23-24(22(18)12-17)25(28-16-27-23)30-20-4-6-21(7-5-20)32-10-8-26-9-11-32/h5-10,15,17-19H,11-14,16H2,1-4H3,(H,31,32,34);2-7,12,14-16,26H,8-11,13H2,1H3,(H,27,28,30). The number of amides is 1. The minimum Gasteiger partial charge on any atom is -0.444 e. The molecule has 0 atom stereocenters.